The molecule has 1 unspecified atom stereocenters. The summed E-state index contributed by atoms with van der Waals surface area (Å²) >= 11 is 0. The smallest absolute Gasteiger partial charge is 0.326 e. The number of hydrogen-bond donors (Lipinski definition) is 2. The van der Waals surface area contributed by atoms with Crippen LogP contribution in [0.1, 0.15) is 37.3 Å². The second-order valence-electron chi connectivity index (χ2n) is 8.14. The number of nitrogens with one attached hydrogen (secondary N) is 1. The van der Waals surface area contributed by atoms with Crippen LogP contribution < -0.4 is 10.9 Å². The van der Waals surface area contributed by atoms with Crippen molar-refractivity contribution in [3.8, 4) is 0 Å². The minimum atomic E-state index is -3.60. The number of carboxylic acids is 1. The van der Waals surface area contributed by atoms with Crippen LogP contribution in [0.3, 0.4) is 0 Å². The number of aromatic nitrogens is 3. The molecule has 0 aliphatic rings. The maximum Gasteiger partial charge on any atom is 0.326 e. The van der Waals surface area contributed by atoms with Gasteiger partial charge in [0.1, 0.15) is 11.6 Å². The third-order valence-electron chi connectivity index (χ3n) is 5.21. The molecule has 0 amide bonds. The van der Waals surface area contributed by atoms with Crippen LogP contribution in [0.5, 0.6) is 0 Å². The van der Waals surface area contributed by atoms with Gasteiger partial charge < -0.3 is 10.4 Å². The Labute approximate surface area is 186 Å². The lowest BCUT2D eigenvalue weighted by Gasteiger charge is -2.19. The fourth-order valence-corrected chi connectivity index (χ4v) is 4.23. The molecular formula is C22H26N4O5S. The van der Waals surface area contributed by atoms with E-state index in [2.05, 4.69) is 15.6 Å². The summed E-state index contributed by atoms with van der Waals surface area (Å²) in [6.07, 6.45) is 1.08. The lowest BCUT2D eigenvalue weighted by atomic mass is 10.0. The summed E-state index contributed by atoms with van der Waals surface area (Å²) in [6, 6.07) is 8.98. The van der Waals surface area contributed by atoms with Crippen LogP contribution in [0.2, 0.25) is 0 Å². The van der Waals surface area contributed by atoms with Crippen molar-refractivity contribution in [2.45, 2.75) is 50.6 Å². The number of fused-ring (bicyclic) bond motifs is 1. The van der Waals surface area contributed by atoms with Crippen LogP contribution in [0, 0.1) is 6.92 Å². The summed E-state index contributed by atoms with van der Waals surface area (Å²) in [5, 5.41) is 20.9. The van der Waals surface area contributed by atoms with Crippen molar-refractivity contribution in [2.75, 3.05) is 11.6 Å². The third kappa shape index (κ3) is 5.13. The molecule has 0 radical (unpaired) electrons. The second-order valence-corrected chi connectivity index (χ2v) is 10.1. The minimum Gasteiger partial charge on any atom is -0.480 e. The maximum absolute atomic E-state index is 12.7. The number of rotatable bonds is 8. The average molecular weight is 459 g/mol. The van der Waals surface area contributed by atoms with Crippen LogP contribution in [0.15, 0.2) is 46.1 Å². The highest BCUT2D eigenvalue weighted by atomic mass is 32.2. The highest BCUT2D eigenvalue weighted by Crippen LogP contribution is 2.27. The van der Waals surface area contributed by atoms with Crippen molar-refractivity contribution in [3.63, 3.8) is 0 Å². The Hall–Kier alpha value is -3.27. The number of hydrogen-bond acceptors (Lipinski definition) is 7. The van der Waals surface area contributed by atoms with Gasteiger partial charge in [0.25, 0.3) is 5.56 Å². The van der Waals surface area contributed by atoms with Gasteiger partial charge in [-0.1, -0.05) is 31.2 Å². The van der Waals surface area contributed by atoms with Gasteiger partial charge in [0.2, 0.25) is 0 Å². The van der Waals surface area contributed by atoms with E-state index in [1.54, 1.807) is 36.4 Å². The first-order chi connectivity index (χ1) is 15.0. The Morgan fingerprint density at radius 1 is 1.19 bits per heavy atom. The summed E-state index contributed by atoms with van der Waals surface area (Å²) in [5.74, 6) is -1.06. The first-order valence-corrected chi connectivity index (χ1v) is 12.0. The van der Waals surface area contributed by atoms with Crippen LogP contribution in [-0.2, 0) is 21.2 Å². The predicted molar refractivity (Wildman–Crippen MR) is 122 cm³/mol. The zero-order chi connectivity index (χ0) is 23.6. The molecule has 0 aliphatic carbocycles. The number of sulfone groups is 1. The quantitative estimate of drug-likeness (QED) is 0.527. The largest absolute Gasteiger partial charge is 0.480 e. The molecule has 2 aromatic carbocycles. The molecule has 10 heteroatoms. The summed E-state index contributed by atoms with van der Waals surface area (Å²) in [7, 11) is -3.60. The fourth-order valence-electron chi connectivity index (χ4n) is 3.35. The Morgan fingerprint density at radius 2 is 1.91 bits per heavy atom. The van der Waals surface area contributed by atoms with Gasteiger partial charge in [0.05, 0.1) is 16.0 Å². The van der Waals surface area contributed by atoms with E-state index >= 15 is 0 Å². The van der Waals surface area contributed by atoms with Gasteiger partial charge in [0.15, 0.2) is 9.84 Å². The van der Waals surface area contributed by atoms with Crippen molar-refractivity contribution in [3.05, 3.63) is 57.9 Å². The average Bonchev–Trinajstić information content (AvgIpc) is 2.71. The van der Waals surface area contributed by atoms with Gasteiger partial charge in [-0.3, -0.25) is 4.79 Å². The Kier molecular flexibility index (Phi) is 6.63. The van der Waals surface area contributed by atoms with Crippen LogP contribution in [-0.4, -0.2) is 46.8 Å². The Balaban J connectivity index is 1.87. The number of carbonyl (C=O) groups is 1. The molecule has 0 aliphatic heterocycles. The number of benzene rings is 2. The van der Waals surface area contributed by atoms with Crippen LogP contribution >= 0.6 is 0 Å². The number of nitrogens with zero attached hydrogens (tertiary/aromatic N) is 3. The molecule has 170 valence electrons. The first-order valence-electron chi connectivity index (χ1n) is 10.1. The molecule has 0 saturated heterocycles. The molecule has 9 nitrogen and oxygen atoms in total. The summed E-state index contributed by atoms with van der Waals surface area (Å²) in [6.45, 7) is 5.77. The topological polar surface area (TPSA) is 131 Å². The highest BCUT2D eigenvalue weighted by molar-refractivity contribution is 7.90. The van der Waals surface area contributed by atoms with Crippen molar-refractivity contribution < 1.29 is 18.3 Å². The van der Waals surface area contributed by atoms with E-state index in [1.165, 1.54) is 0 Å². The van der Waals surface area contributed by atoms with Gasteiger partial charge in [-0.25, -0.2) is 17.9 Å². The van der Waals surface area contributed by atoms with Gasteiger partial charge in [-0.15, -0.1) is 5.10 Å². The van der Waals surface area contributed by atoms with E-state index in [4.69, 9.17) is 0 Å². The molecular weight excluding hydrogens is 432 g/mol. The molecule has 0 spiro atoms. The number of carboxylic acid groups (broad SMARTS) is 1. The van der Waals surface area contributed by atoms with E-state index in [0.717, 1.165) is 22.1 Å². The lowest BCUT2D eigenvalue weighted by Crippen LogP contribution is -2.33. The monoisotopic (exact) mass is 458 g/mol. The predicted octanol–water partition coefficient (Wildman–Crippen LogP) is 2.58. The van der Waals surface area contributed by atoms with Gasteiger partial charge in [-0.2, -0.15) is 0 Å². The van der Waals surface area contributed by atoms with E-state index in [0.29, 0.717) is 10.9 Å². The second kappa shape index (κ2) is 9.07. The zero-order valence-corrected chi connectivity index (χ0v) is 19.2. The van der Waals surface area contributed by atoms with Crippen molar-refractivity contribution >= 4 is 32.4 Å². The molecule has 1 aromatic heterocycles. The normalized spacial score (nSPS) is 12.8. The molecule has 0 bridgehead atoms. The first kappa shape index (κ1) is 23.4. The van der Waals surface area contributed by atoms with Gasteiger partial charge in [0, 0.05) is 12.8 Å². The molecule has 32 heavy (non-hydrogen) atoms. The Morgan fingerprint density at radius 3 is 2.53 bits per heavy atom. The Bertz CT molecular complexity index is 1330. The summed E-state index contributed by atoms with van der Waals surface area (Å²) in [4.78, 5) is 24.6. The number of anilines is 1. The van der Waals surface area contributed by atoms with Crippen LogP contribution in [0.25, 0.3) is 10.9 Å². The fraction of sp³-hybridized carbons (Fsp3) is 0.364. The van der Waals surface area contributed by atoms with E-state index < -0.39 is 21.8 Å². The van der Waals surface area contributed by atoms with Crippen molar-refractivity contribution in [1.29, 1.82) is 0 Å². The van der Waals surface area contributed by atoms with E-state index in [9.17, 15) is 23.1 Å². The molecule has 3 aromatic rings. The molecule has 1 heterocycles. The maximum atomic E-state index is 12.7. The summed E-state index contributed by atoms with van der Waals surface area (Å²) in [5.41, 5.74) is 2.09. The standard InChI is InChI=1S/C22H26N4O5S/c1-13(2)15-6-8-17(20(12-15)32(4,30)31)23-18(22(28)29)9-10-26-21(27)16-7-5-14(3)11-19(16)24-25-26/h5-8,11-13,18,23H,9-10H2,1-4H3,(H,28,29). The number of aliphatic carboxylic acids is 1. The minimum absolute atomic E-state index is 0.00208. The van der Waals surface area contributed by atoms with E-state index in [-0.39, 0.29) is 35.0 Å². The van der Waals surface area contributed by atoms with Crippen molar-refractivity contribution in [1.82, 2.24) is 15.0 Å². The third-order valence-corrected chi connectivity index (χ3v) is 6.34. The van der Waals surface area contributed by atoms with E-state index in [1.807, 2.05) is 20.8 Å². The number of aryl methyl sites for hydroxylation is 2. The lowest BCUT2D eigenvalue weighted by molar-refractivity contribution is -0.138. The van der Waals surface area contributed by atoms with Crippen molar-refractivity contribution in [2.24, 2.45) is 0 Å². The zero-order valence-electron chi connectivity index (χ0n) is 18.4. The summed E-state index contributed by atoms with van der Waals surface area (Å²) < 4.78 is 25.7. The molecule has 0 fully saturated rings. The molecule has 3 rings (SSSR count). The SMILES string of the molecule is Cc1ccc2c(=O)n(CCC(Nc3ccc(C(C)C)cc3S(C)(=O)=O)C(=O)O)nnc2c1. The van der Waals surface area contributed by atoms with Gasteiger partial charge >= 0.3 is 5.97 Å². The molecule has 0 saturated carbocycles. The highest BCUT2D eigenvalue weighted by Gasteiger charge is 2.22. The molecule has 1 atom stereocenters. The van der Waals surface area contributed by atoms with Crippen LogP contribution in [0.4, 0.5) is 5.69 Å². The van der Waals surface area contributed by atoms with Gasteiger partial charge in [-0.05, 0) is 54.7 Å². The molecule has 2 N–H and O–H groups in total.